The van der Waals surface area contributed by atoms with Crippen LogP contribution in [-0.2, 0) is 23.9 Å². The Morgan fingerprint density at radius 1 is 1.26 bits per heavy atom. The number of rotatable bonds is 9. The van der Waals surface area contributed by atoms with Crippen LogP contribution in [0.4, 0.5) is 0 Å². The van der Waals surface area contributed by atoms with Crippen molar-refractivity contribution in [2.24, 2.45) is 0 Å². The van der Waals surface area contributed by atoms with E-state index in [1.165, 1.54) is 29.6 Å². The average molecular weight is 357 g/mol. The van der Waals surface area contributed by atoms with Gasteiger partial charge in [-0.15, -0.1) is 0 Å². The number of carbonyl (C=O) groups is 3. The molecule has 0 bridgehead atoms. The maximum atomic E-state index is 12.3. The molecule has 7 nitrogen and oxygen atoms in total. The van der Waals surface area contributed by atoms with Gasteiger partial charge in [0.1, 0.15) is 0 Å². The largest absolute Gasteiger partial charge is 0.349 e. The molecule has 0 spiro atoms. The van der Waals surface area contributed by atoms with E-state index in [4.69, 9.17) is 0 Å². The number of benzene rings is 1. The van der Waals surface area contributed by atoms with Gasteiger partial charge in [0.15, 0.2) is 5.78 Å². The fourth-order valence-electron chi connectivity index (χ4n) is 1.68. The summed E-state index contributed by atoms with van der Waals surface area (Å²) in [4.78, 5) is 36.2. The van der Waals surface area contributed by atoms with Gasteiger partial charge in [0.05, 0.1) is 7.11 Å². The SMILES string of the molecule is COS(=O)(=O)C(C(=O)C(=O)NCCC=S)C(=O)c1ccccc1. The molecule has 1 atom stereocenters. The fourth-order valence-corrected chi connectivity index (χ4v) is 2.76. The fraction of sp³-hybridized carbons (Fsp3) is 0.286. The molecular formula is C14H15NO6S2. The summed E-state index contributed by atoms with van der Waals surface area (Å²) < 4.78 is 28.1. The van der Waals surface area contributed by atoms with Crippen molar-refractivity contribution in [2.75, 3.05) is 13.7 Å². The molecule has 0 saturated carbocycles. The van der Waals surface area contributed by atoms with Crippen molar-refractivity contribution >= 4 is 45.2 Å². The van der Waals surface area contributed by atoms with E-state index in [-0.39, 0.29) is 12.1 Å². The van der Waals surface area contributed by atoms with Gasteiger partial charge in [-0.3, -0.25) is 18.6 Å². The van der Waals surface area contributed by atoms with Crippen molar-refractivity contribution in [3.63, 3.8) is 0 Å². The number of amides is 1. The first-order valence-electron chi connectivity index (χ1n) is 6.49. The molecule has 0 saturated heterocycles. The summed E-state index contributed by atoms with van der Waals surface area (Å²) in [6.45, 7) is 0.0628. The van der Waals surface area contributed by atoms with E-state index < -0.39 is 32.8 Å². The quantitative estimate of drug-likeness (QED) is 0.169. The lowest BCUT2D eigenvalue weighted by Gasteiger charge is -2.14. The van der Waals surface area contributed by atoms with E-state index in [1.54, 1.807) is 6.07 Å². The van der Waals surface area contributed by atoms with Gasteiger partial charge in [-0.2, -0.15) is 8.42 Å². The first-order valence-corrected chi connectivity index (χ1v) is 8.43. The van der Waals surface area contributed by atoms with Crippen molar-refractivity contribution < 1.29 is 27.0 Å². The minimum atomic E-state index is -4.57. The Bertz CT molecular complexity index is 699. The second-order valence-corrected chi connectivity index (χ2v) is 6.47. The number of thiocarbonyl (C=S) groups is 1. The van der Waals surface area contributed by atoms with Gasteiger partial charge in [-0.1, -0.05) is 42.5 Å². The molecule has 1 rings (SSSR count). The third kappa shape index (κ3) is 5.02. The Balaban J connectivity index is 3.12. The summed E-state index contributed by atoms with van der Waals surface area (Å²) in [7, 11) is -3.75. The van der Waals surface area contributed by atoms with Crippen LogP contribution in [0.1, 0.15) is 16.8 Å². The number of carbonyl (C=O) groups excluding carboxylic acids is 3. The maximum Gasteiger partial charge on any atom is 0.289 e. The van der Waals surface area contributed by atoms with Crippen molar-refractivity contribution in [2.45, 2.75) is 11.7 Å². The lowest BCUT2D eigenvalue weighted by Crippen LogP contribution is -2.46. The molecule has 0 fully saturated rings. The highest BCUT2D eigenvalue weighted by atomic mass is 32.2. The van der Waals surface area contributed by atoms with E-state index in [0.29, 0.717) is 6.42 Å². The van der Waals surface area contributed by atoms with Crippen LogP contribution in [0.25, 0.3) is 0 Å². The minimum absolute atomic E-state index is 0.0156. The van der Waals surface area contributed by atoms with Crippen LogP contribution < -0.4 is 5.32 Å². The predicted molar refractivity (Wildman–Crippen MR) is 86.8 cm³/mol. The summed E-state index contributed by atoms with van der Waals surface area (Å²) in [6, 6.07) is 7.33. The molecule has 0 heterocycles. The van der Waals surface area contributed by atoms with Crippen molar-refractivity contribution in [1.82, 2.24) is 5.32 Å². The molecule has 0 aliphatic carbocycles. The van der Waals surface area contributed by atoms with Gasteiger partial charge in [-0.25, -0.2) is 0 Å². The molecular weight excluding hydrogens is 342 g/mol. The zero-order chi connectivity index (χ0) is 17.5. The van der Waals surface area contributed by atoms with Crippen LogP contribution >= 0.6 is 12.2 Å². The highest BCUT2D eigenvalue weighted by Crippen LogP contribution is 2.13. The Morgan fingerprint density at radius 2 is 1.87 bits per heavy atom. The summed E-state index contributed by atoms with van der Waals surface area (Å²) in [5.41, 5.74) is -0.0156. The zero-order valence-corrected chi connectivity index (χ0v) is 13.9. The molecule has 1 aromatic carbocycles. The van der Waals surface area contributed by atoms with Gasteiger partial charge in [-0.05, 0) is 11.8 Å². The smallest absolute Gasteiger partial charge is 0.289 e. The molecule has 1 aromatic rings. The van der Waals surface area contributed by atoms with Crippen LogP contribution in [0.3, 0.4) is 0 Å². The molecule has 0 radical (unpaired) electrons. The Hall–Kier alpha value is -1.97. The number of nitrogens with one attached hydrogen (secondary N) is 1. The van der Waals surface area contributed by atoms with Gasteiger partial charge in [0, 0.05) is 12.1 Å². The first kappa shape index (κ1) is 19.1. The maximum absolute atomic E-state index is 12.3. The highest BCUT2D eigenvalue weighted by Gasteiger charge is 2.43. The van der Waals surface area contributed by atoms with E-state index in [0.717, 1.165) is 7.11 Å². The molecule has 0 aliphatic heterocycles. The minimum Gasteiger partial charge on any atom is -0.349 e. The Kier molecular flexibility index (Phi) is 7.14. The molecule has 0 aromatic heterocycles. The lowest BCUT2D eigenvalue weighted by molar-refractivity contribution is -0.137. The van der Waals surface area contributed by atoms with E-state index in [9.17, 15) is 22.8 Å². The van der Waals surface area contributed by atoms with Crippen molar-refractivity contribution in [1.29, 1.82) is 0 Å². The molecule has 23 heavy (non-hydrogen) atoms. The number of Topliss-reactive ketones (excluding diaryl/α,β-unsaturated/α-hetero) is 2. The second-order valence-electron chi connectivity index (χ2n) is 4.35. The Labute approximate surface area is 139 Å². The summed E-state index contributed by atoms with van der Waals surface area (Å²) >= 11 is 4.57. The van der Waals surface area contributed by atoms with Crippen LogP contribution in [0, 0.1) is 0 Å². The lowest BCUT2D eigenvalue weighted by atomic mass is 10.1. The molecule has 1 unspecified atom stereocenters. The number of hydrogen-bond donors (Lipinski definition) is 1. The summed E-state index contributed by atoms with van der Waals surface area (Å²) in [6.07, 6.45) is 0.322. The third-order valence-corrected chi connectivity index (χ3v) is 4.53. The summed E-state index contributed by atoms with van der Waals surface area (Å²) in [5.74, 6) is -3.61. The van der Waals surface area contributed by atoms with Crippen molar-refractivity contribution in [3.8, 4) is 0 Å². The second kappa shape index (κ2) is 8.61. The average Bonchev–Trinajstić information content (AvgIpc) is 2.55. The molecule has 9 heteroatoms. The molecule has 1 N–H and O–H groups in total. The van der Waals surface area contributed by atoms with Crippen molar-refractivity contribution in [3.05, 3.63) is 35.9 Å². The molecule has 1 amide bonds. The Morgan fingerprint density at radius 3 is 2.39 bits per heavy atom. The molecule has 124 valence electrons. The van der Waals surface area contributed by atoms with E-state index in [2.05, 4.69) is 21.7 Å². The van der Waals surface area contributed by atoms with Gasteiger partial charge in [0.25, 0.3) is 16.0 Å². The van der Waals surface area contributed by atoms with Gasteiger partial charge < -0.3 is 5.32 Å². The normalized spacial score (nSPS) is 12.2. The number of ketones is 2. The van der Waals surface area contributed by atoms with Gasteiger partial charge in [0.2, 0.25) is 11.0 Å². The van der Waals surface area contributed by atoms with Gasteiger partial charge >= 0.3 is 0 Å². The standard InChI is InChI=1S/C14H15NO6S2/c1-21-23(19,20)13(11(16)10-6-3-2-4-7-10)12(17)14(18)15-8-5-9-22/h2-4,6-7,9,13H,5,8H2,1H3,(H,15,18). The van der Waals surface area contributed by atoms with Crippen LogP contribution in [0.5, 0.6) is 0 Å². The monoisotopic (exact) mass is 357 g/mol. The third-order valence-electron chi connectivity index (χ3n) is 2.83. The summed E-state index contributed by atoms with van der Waals surface area (Å²) in [5, 5.41) is 1.31. The van der Waals surface area contributed by atoms with Crippen LogP contribution in [0.15, 0.2) is 30.3 Å². The first-order chi connectivity index (χ1) is 10.8. The van der Waals surface area contributed by atoms with Crippen LogP contribution in [-0.4, -0.2) is 50.2 Å². The van der Waals surface area contributed by atoms with E-state index >= 15 is 0 Å². The predicted octanol–water partition coefficient (Wildman–Crippen LogP) is 0.289. The number of hydrogen-bond acceptors (Lipinski definition) is 7. The zero-order valence-electron chi connectivity index (χ0n) is 12.2. The highest BCUT2D eigenvalue weighted by molar-refractivity contribution is 7.89. The topological polar surface area (TPSA) is 107 Å². The van der Waals surface area contributed by atoms with E-state index in [1.807, 2.05) is 0 Å². The van der Waals surface area contributed by atoms with Crippen LogP contribution in [0.2, 0.25) is 0 Å². The molecule has 0 aliphatic rings.